The molecule has 5 nitrogen and oxygen atoms in total. The lowest BCUT2D eigenvalue weighted by Gasteiger charge is -2.04. The van der Waals surface area contributed by atoms with Crippen LogP contribution in [-0.2, 0) is 11.2 Å². The molecule has 0 radical (unpaired) electrons. The van der Waals surface area contributed by atoms with Gasteiger partial charge in [0.25, 0.3) is 0 Å². The summed E-state index contributed by atoms with van der Waals surface area (Å²) in [6, 6.07) is 14.7. The Hall–Kier alpha value is -3.34. The highest BCUT2D eigenvalue weighted by Gasteiger charge is 2.24. The molecule has 1 fully saturated rings. The number of anilines is 1. The molecule has 1 amide bonds. The highest BCUT2D eigenvalue weighted by atomic mass is 16.1. The zero-order valence-corrected chi connectivity index (χ0v) is 16.5. The van der Waals surface area contributed by atoms with Crippen molar-refractivity contribution < 1.29 is 4.79 Å². The van der Waals surface area contributed by atoms with E-state index in [0.29, 0.717) is 12.3 Å². The van der Waals surface area contributed by atoms with Crippen LogP contribution < -0.4 is 5.32 Å². The number of fused-ring (bicyclic) bond motifs is 1. The second-order valence-electron chi connectivity index (χ2n) is 7.85. The zero-order valence-electron chi connectivity index (χ0n) is 16.5. The third-order valence-corrected chi connectivity index (χ3v) is 5.65. The minimum absolute atomic E-state index is 0.0992. The second-order valence-corrected chi connectivity index (χ2v) is 7.85. The quantitative estimate of drug-likeness (QED) is 0.472. The van der Waals surface area contributed by atoms with Crippen LogP contribution in [0, 0.1) is 5.92 Å². The van der Waals surface area contributed by atoms with Crippen LogP contribution in [0.5, 0.6) is 0 Å². The molecule has 0 unspecified atom stereocenters. The zero-order chi connectivity index (χ0) is 19.8. The van der Waals surface area contributed by atoms with Gasteiger partial charge in [0.1, 0.15) is 0 Å². The van der Waals surface area contributed by atoms with Gasteiger partial charge in [-0.05, 0) is 60.6 Å². The summed E-state index contributed by atoms with van der Waals surface area (Å²) in [5.74, 6) is 0.676. The Morgan fingerprint density at radius 2 is 2.00 bits per heavy atom. The standard InChI is InChI=1S/C24H24N4O/c1-2-16-5-8-20(9-6-16)28-15-19(13-26-28)18-7-10-22-21(12-18)23(14-25-22)27-24(29)11-17-3-4-17/h5-10,12-15,17,25H,2-4,11H2,1H3,(H,27,29). The Morgan fingerprint density at radius 3 is 2.76 bits per heavy atom. The third-order valence-electron chi connectivity index (χ3n) is 5.65. The van der Waals surface area contributed by atoms with Gasteiger partial charge in [0.15, 0.2) is 0 Å². The van der Waals surface area contributed by atoms with E-state index in [0.717, 1.165) is 39.8 Å². The number of aromatic nitrogens is 3. The second kappa shape index (κ2) is 7.24. The maximum Gasteiger partial charge on any atom is 0.224 e. The van der Waals surface area contributed by atoms with Crippen molar-refractivity contribution in [1.29, 1.82) is 0 Å². The van der Waals surface area contributed by atoms with Crippen molar-refractivity contribution in [3.05, 3.63) is 66.6 Å². The molecule has 2 N–H and O–H groups in total. The van der Waals surface area contributed by atoms with Crippen LogP contribution >= 0.6 is 0 Å². The Labute approximate surface area is 169 Å². The van der Waals surface area contributed by atoms with E-state index in [1.807, 2.05) is 23.3 Å². The minimum Gasteiger partial charge on any atom is -0.359 e. The number of aryl methyl sites for hydroxylation is 1. The summed E-state index contributed by atoms with van der Waals surface area (Å²) in [7, 11) is 0. The molecule has 29 heavy (non-hydrogen) atoms. The van der Waals surface area contributed by atoms with Gasteiger partial charge in [-0.15, -0.1) is 0 Å². The molecule has 0 saturated heterocycles. The van der Waals surface area contributed by atoms with Crippen LogP contribution in [0.2, 0.25) is 0 Å². The Bertz CT molecular complexity index is 1170. The lowest BCUT2D eigenvalue weighted by Crippen LogP contribution is -2.11. The molecule has 1 aliphatic carbocycles. The molecule has 0 spiro atoms. The maximum atomic E-state index is 12.2. The monoisotopic (exact) mass is 384 g/mol. The van der Waals surface area contributed by atoms with Gasteiger partial charge >= 0.3 is 0 Å². The smallest absolute Gasteiger partial charge is 0.224 e. The van der Waals surface area contributed by atoms with Crippen molar-refractivity contribution in [2.45, 2.75) is 32.6 Å². The van der Waals surface area contributed by atoms with Crippen molar-refractivity contribution in [2.24, 2.45) is 5.92 Å². The van der Waals surface area contributed by atoms with E-state index in [1.54, 1.807) is 0 Å². The molecule has 4 aromatic rings. The van der Waals surface area contributed by atoms with E-state index in [4.69, 9.17) is 0 Å². The van der Waals surface area contributed by atoms with Crippen LogP contribution in [-0.4, -0.2) is 20.7 Å². The SMILES string of the molecule is CCc1ccc(-n2cc(-c3ccc4[nH]cc(NC(=O)CC5CC5)c4c3)cn2)cc1. The molecule has 0 atom stereocenters. The van der Waals surface area contributed by atoms with Crippen LogP contribution in [0.25, 0.3) is 27.7 Å². The fraction of sp³-hybridized carbons (Fsp3) is 0.250. The molecular weight excluding hydrogens is 360 g/mol. The summed E-state index contributed by atoms with van der Waals surface area (Å²) in [5.41, 5.74) is 6.33. The molecule has 5 heteroatoms. The lowest BCUT2D eigenvalue weighted by molar-refractivity contribution is -0.116. The predicted octanol–water partition coefficient (Wildman–Crippen LogP) is 5.32. The summed E-state index contributed by atoms with van der Waals surface area (Å²) < 4.78 is 1.90. The Kier molecular flexibility index (Phi) is 4.43. The molecule has 1 aliphatic rings. The first kappa shape index (κ1) is 17.7. The van der Waals surface area contributed by atoms with Gasteiger partial charge in [0, 0.05) is 35.3 Å². The number of nitrogens with zero attached hydrogens (tertiary/aromatic N) is 2. The fourth-order valence-electron chi connectivity index (χ4n) is 3.69. The fourth-order valence-corrected chi connectivity index (χ4v) is 3.69. The summed E-state index contributed by atoms with van der Waals surface area (Å²) in [5, 5.41) is 8.62. The lowest BCUT2D eigenvalue weighted by atomic mass is 10.1. The first-order chi connectivity index (χ1) is 14.2. The van der Waals surface area contributed by atoms with Crippen molar-refractivity contribution in [3.63, 3.8) is 0 Å². The number of rotatable bonds is 6. The van der Waals surface area contributed by atoms with Gasteiger partial charge in [-0.3, -0.25) is 4.79 Å². The van der Waals surface area contributed by atoms with Crippen LogP contribution in [0.4, 0.5) is 5.69 Å². The first-order valence-electron chi connectivity index (χ1n) is 10.2. The van der Waals surface area contributed by atoms with E-state index in [9.17, 15) is 4.79 Å². The summed E-state index contributed by atoms with van der Waals surface area (Å²) in [4.78, 5) is 15.5. The van der Waals surface area contributed by atoms with Crippen molar-refractivity contribution >= 4 is 22.5 Å². The number of H-pyrrole nitrogens is 1. The Morgan fingerprint density at radius 1 is 1.17 bits per heavy atom. The van der Waals surface area contributed by atoms with Crippen molar-refractivity contribution in [2.75, 3.05) is 5.32 Å². The van der Waals surface area contributed by atoms with Gasteiger partial charge < -0.3 is 10.3 Å². The van der Waals surface area contributed by atoms with Crippen LogP contribution in [0.15, 0.2) is 61.1 Å². The molecule has 0 aliphatic heterocycles. The van der Waals surface area contributed by atoms with Crippen molar-refractivity contribution in [1.82, 2.24) is 14.8 Å². The molecule has 146 valence electrons. The van der Waals surface area contributed by atoms with Crippen LogP contribution in [0.1, 0.15) is 31.7 Å². The van der Waals surface area contributed by atoms with Gasteiger partial charge in [0.2, 0.25) is 5.91 Å². The normalized spacial score (nSPS) is 13.7. The molecule has 2 heterocycles. The molecule has 2 aromatic carbocycles. The summed E-state index contributed by atoms with van der Waals surface area (Å²) in [6.07, 6.45) is 9.80. The van der Waals surface area contributed by atoms with E-state index in [2.05, 4.69) is 64.8 Å². The average molecular weight is 384 g/mol. The van der Waals surface area contributed by atoms with E-state index >= 15 is 0 Å². The number of hydrogen-bond acceptors (Lipinski definition) is 2. The average Bonchev–Trinajstić information content (AvgIpc) is 3.26. The number of nitrogens with one attached hydrogen (secondary N) is 2. The van der Waals surface area contributed by atoms with E-state index < -0.39 is 0 Å². The summed E-state index contributed by atoms with van der Waals surface area (Å²) >= 11 is 0. The van der Waals surface area contributed by atoms with E-state index in [-0.39, 0.29) is 5.91 Å². The number of amides is 1. The topological polar surface area (TPSA) is 62.7 Å². The van der Waals surface area contributed by atoms with Crippen LogP contribution in [0.3, 0.4) is 0 Å². The molecule has 2 aromatic heterocycles. The predicted molar refractivity (Wildman–Crippen MR) is 116 cm³/mol. The van der Waals surface area contributed by atoms with Gasteiger partial charge in [0.05, 0.1) is 17.6 Å². The molecule has 0 bridgehead atoms. The van der Waals surface area contributed by atoms with Gasteiger partial charge in [-0.25, -0.2) is 4.68 Å². The number of hydrogen-bond donors (Lipinski definition) is 2. The van der Waals surface area contributed by atoms with Gasteiger partial charge in [-0.1, -0.05) is 25.1 Å². The van der Waals surface area contributed by atoms with E-state index in [1.165, 1.54) is 18.4 Å². The number of aromatic amines is 1. The highest BCUT2D eigenvalue weighted by Crippen LogP contribution is 2.33. The number of benzene rings is 2. The summed E-state index contributed by atoms with van der Waals surface area (Å²) in [6.45, 7) is 2.15. The molecular formula is C24H24N4O. The highest BCUT2D eigenvalue weighted by molar-refractivity contribution is 6.03. The van der Waals surface area contributed by atoms with Gasteiger partial charge in [-0.2, -0.15) is 5.10 Å². The number of carbonyl (C=O) groups is 1. The first-order valence-corrected chi connectivity index (χ1v) is 10.2. The third kappa shape index (κ3) is 3.68. The minimum atomic E-state index is 0.0992. The number of carbonyl (C=O) groups excluding carboxylic acids is 1. The molecule has 1 saturated carbocycles. The van der Waals surface area contributed by atoms with Crippen molar-refractivity contribution in [3.8, 4) is 16.8 Å². The maximum absolute atomic E-state index is 12.2. The largest absolute Gasteiger partial charge is 0.359 e. The molecule has 5 rings (SSSR count). The Balaban J connectivity index is 1.41.